The van der Waals surface area contributed by atoms with Gasteiger partial charge in [-0.05, 0) is 31.7 Å². The van der Waals surface area contributed by atoms with E-state index in [0.717, 1.165) is 41.1 Å². The Hall–Kier alpha value is -1.34. The van der Waals surface area contributed by atoms with Gasteiger partial charge in [-0.1, -0.05) is 13.3 Å². The van der Waals surface area contributed by atoms with Crippen molar-refractivity contribution in [2.75, 3.05) is 5.32 Å². The number of rotatable bonds is 3. The van der Waals surface area contributed by atoms with E-state index in [0.29, 0.717) is 5.56 Å². The van der Waals surface area contributed by atoms with Crippen molar-refractivity contribution in [2.45, 2.75) is 39.5 Å². The maximum atomic E-state index is 11.9. The van der Waals surface area contributed by atoms with Crippen LogP contribution in [0.25, 0.3) is 0 Å². The molecule has 1 aromatic heterocycles. The number of nitrogens with one attached hydrogen (secondary N) is 1. The van der Waals surface area contributed by atoms with E-state index < -0.39 is 0 Å². The summed E-state index contributed by atoms with van der Waals surface area (Å²) >= 11 is 1.52. The van der Waals surface area contributed by atoms with E-state index in [4.69, 9.17) is 0 Å². The molecule has 1 heterocycles. The zero-order valence-electron chi connectivity index (χ0n) is 10.2. The third kappa shape index (κ3) is 2.20. The van der Waals surface area contributed by atoms with Crippen molar-refractivity contribution in [1.82, 2.24) is 0 Å². The number of aryl methyl sites for hydroxylation is 1. The molecule has 1 aromatic rings. The van der Waals surface area contributed by atoms with Crippen LogP contribution in [-0.4, -0.2) is 5.91 Å². The second kappa shape index (κ2) is 4.89. The van der Waals surface area contributed by atoms with E-state index in [-0.39, 0.29) is 11.8 Å². The SMILES string of the molecule is CCc1c(C)sc(NC(=O)C2CCC2)c1C#N. The van der Waals surface area contributed by atoms with E-state index >= 15 is 0 Å². The van der Waals surface area contributed by atoms with Gasteiger partial charge in [0.1, 0.15) is 11.1 Å². The summed E-state index contributed by atoms with van der Waals surface area (Å²) in [6, 6.07) is 2.21. The minimum absolute atomic E-state index is 0.0802. The molecule has 2 rings (SSSR count). The van der Waals surface area contributed by atoms with Crippen LogP contribution in [0.2, 0.25) is 0 Å². The minimum Gasteiger partial charge on any atom is -0.316 e. The fraction of sp³-hybridized carbons (Fsp3) is 0.538. The molecule has 4 heteroatoms. The Labute approximate surface area is 105 Å². The Morgan fingerprint density at radius 2 is 2.29 bits per heavy atom. The fourth-order valence-corrected chi connectivity index (χ4v) is 3.19. The highest BCUT2D eigenvalue weighted by Crippen LogP contribution is 2.34. The quantitative estimate of drug-likeness (QED) is 0.892. The number of carbonyl (C=O) groups is 1. The molecule has 0 unspecified atom stereocenters. The monoisotopic (exact) mass is 248 g/mol. The van der Waals surface area contributed by atoms with Gasteiger partial charge in [-0.25, -0.2) is 0 Å². The highest BCUT2D eigenvalue weighted by molar-refractivity contribution is 7.16. The number of anilines is 1. The highest BCUT2D eigenvalue weighted by Gasteiger charge is 2.26. The predicted octanol–water partition coefficient (Wildman–Crippen LogP) is 3.23. The minimum atomic E-state index is 0.0802. The summed E-state index contributed by atoms with van der Waals surface area (Å²) in [6.07, 6.45) is 3.95. The maximum Gasteiger partial charge on any atom is 0.228 e. The number of carbonyl (C=O) groups excluding carboxylic acids is 1. The molecule has 1 aliphatic carbocycles. The average Bonchev–Trinajstić information content (AvgIpc) is 2.50. The first-order valence-electron chi connectivity index (χ1n) is 6.00. The summed E-state index contributed by atoms with van der Waals surface area (Å²) in [7, 11) is 0. The van der Waals surface area contributed by atoms with Gasteiger partial charge in [0.05, 0.1) is 5.56 Å². The number of amides is 1. The zero-order valence-corrected chi connectivity index (χ0v) is 11.0. The van der Waals surface area contributed by atoms with Crippen LogP contribution in [0.15, 0.2) is 0 Å². The molecule has 1 N–H and O–H groups in total. The molecular weight excluding hydrogens is 232 g/mol. The molecule has 0 bridgehead atoms. The normalized spacial score (nSPS) is 15.1. The van der Waals surface area contributed by atoms with Crippen LogP contribution in [0, 0.1) is 24.2 Å². The van der Waals surface area contributed by atoms with Crippen molar-refractivity contribution in [3.8, 4) is 6.07 Å². The van der Waals surface area contributed by atoms with Gasteiger partial charge in [-0.15, -0.1) is 11.3 Å². The lowest BCUT2D eigenvalue weighted by Gasteiger charge is -2.23. The molecule has 17 heavy (non-hydrogen) atoms. The Bertz CT molecular complexity index is 480. The van der Waals surface area contributed by atoms with Crippen molar-refractivity contribution >= 4 is 22.2 Å². The first kappa shape index (κ1) is 12.1. The van der Waals surface area contributed by atoms with Gasteiger partial charge in [-0.3, -0.25) is 4.79 Å². The van der Waals surface area contributed by atoms with Crippen LogP contribution in [0.4, 0.5) is 5.00 Å². The van der Waals surface area contributed by atoms with Gasteiger partial charge in [0.25, 0.3) is 0 Å². The molecular formula is C13H16N2OS. The van der Waals surface area contributed by atoms with Gasteiger partial charge in [-0.2, -0.15) is 5.26 Å². The van der Waals surface area contributed by atoms with Crippen molar-refractivity contribution in [3.63, 3.8) is 0 Å². The molecule has 0 saturated heterocycles. The molecule has 1 saturated carbocycles. The Kier molecular flexibility index (Phi) is 3.49. The van der Waals surface area contributed by atoms with Crippen LogP contribution in [-0.2, 0) is 11.2 Å². The maximum absolute atomic E-state index is 11.9. The molecule has 90 valence electrons. The van der Waals surface area contributed by atoms with E-state index in [2.05, 4.69) is 11.4 Å². The van der Waals surface area contributed by atoms with Crippen molar-refractivity contribution in [3.05, 3.63) is 16.0 Å². The highest BCUT2D eigenvalue weighted by atomic mass is 32.1. The molecule has 0 spiro atoms. The second-order valence-corrected chi connectivity index (χ2v) is 5.65. The molecule has 1 amide bonds. The van der Waals surface area contributed by atoms with Crippen molar-refractivity contribution in [1.29, 1.82) is 5.26 Å². The Morgan fingerprint density at radius 3 is 2.76 bits per heavy atom. The first-order chi connectivity index (χ1) is 8.17. The zero-order chi connectivity index (χ0) is 12.4. The fourth-order valence-electron chi connectivity index (χ4n) is 2.10. The van der Waals surface area contributed by atoms with E-state index in [9.17, 15) is 10.1 Å². The van der Waals surface area contributed by atoms with Gasteiger partial charge in [0, 0.05) is 10.8 Å². The molecule has 1 aliphatic rings. The van der Waals surface area contributed by atoms with E-state index in [1.165, 1.54) is 11.3 Å². The van der Waals surface area contributed by atoms with Crippen LogP contribution < -0.4 is 5.32 Å². The summed E-state index contributed by atoms with van der Waals surface area (Å²) in [5.41, 5.74) is 1.73. The first-order valence-corrected chi connectivity index (χ1v) is 6.82. The van der Waals surface area contributed by atoms with Crippen LogP contribution >= 0.6 is 11.3 Å². The molecule has 0 aromatic carbocycles. The molecule has 0 aliphatic heterocycles. The van der Waals surface area contributed by atoms with Crippen LogP contribution in [0.5, 0.6) is 0 Å². The number of hydrogen-bond acceptors (Lipinski definition) is 3. The van der Waals surface area contributed by atoms with Gasteiger partial charge < -0.3 is 5.32 Å². The summed E-state index contributed by atoms with van der Waals surface area (Å²) < 4.78 is 0. The van der Waals surface area contributed by atoms with Crippen LogP contribution in [0.1, 0.15) is 42.2 Å². The second-order valence-electron chi connectivity index (χ2n) is 4.42. The molecule has 3 nitrogen and oxygen atoms in total. The largest absolute Gasteiger partial charge is 0.316 e. The number of thiophene rings is 1. The molecule has 1 fully saturated rings. The standard InChI is InChI=1S/C13H16N2OS/c1-3-10-8(2)17-13(11(10)7-14)15-12(16)9-5-4-6-9/h9H,3-6H2,1-2H3,(H,15,16). The molecule has 0 radical (unpaired) electrons. The number of hydrogen-bond donors (Lipinski definition) is 1. The summed E-state index contributed by atoms with van der Waals surface area (Å²) in [4.78, 5) is 13.0. The average molecular weight is 248 g/mol. The smallest absolute Gasteiger partial charge is 0.228 e. The van der Waals surface area contributed by atoms with Gasteiger partial charge in [0.2, 0.25) is 5.91 Å². The lowest BCUT2D eigenvalue weighted by atomic mass is 9.85. The Morgan fingerprint density at radius 1 is 1.59 bits per heavy atom. The molecule has 0 atom stereocenters. The lowest BCUT2D eigenvalue weighted by Crippen LogP contribution is -2.27. The van der Waals surface area contributed by atoms with Gasteiger partial charge >= 0.3 is 0 Å². The van der Waals surface area contributed by atoms with Crippen molar-refractivity contribution in [2.24, 2.45) is 5.92 Å². The topological polar surface area (TPSA) is 52.9 Å². The predicted molar refractivity (Wildman–Crippen MR) is 69.1 cm³/mol. The summed E-state index contributed by atoms with van der Waals surface area (Å²) in [5.74, 6) is 0.241. The summed E-state index contributed by atoms with van der Waals surface area (Å²) in [5, 5.41) is 12.8. The third-order valence-electron chi connectivity index (χ3n) is 3.39. The lowest BCUT2D eigenvalue weighted by molar-refractivity contribution is -0.122. The number of nitrogens with zero attached hydrogens (tertiary/aromatic N) is 1. The summed E-state index contributed by atoms with van der Waals surface area (Å²) in [6.45, 7) is 4.04. The van der Waals surface area contributed by atoms with Crippen molar-refractivity contribution < 1.29 is 4.79 Å². The van der Waals surface area contributed by atoms with E-state index in [1.807, 2.05) is 13.8 Å². The van der Waals surface area contributed by atoms with E-state index in [1.54, 1.807) is 0 Å². The van der Waals surface area contributed by atoms with Crippen LogP contribution in [0.3, 0.4) is 0 Å². The third-order valence-corrected chi connectivity index (χ3v) is 4.45. The number of nitriles is 1. The van der Waals surface area contributed by atoms with Gasteiger partial charge in [0.15, 0.2) is 0 Å². The Balaban J connectivity index is 2.20.